The molecule has 0 bridgehead atoms. The number of nitrogens with one attached hydrogen (secondary N) is 1. The van der Waals surface area contributed by atoms with Crippen LogP contribution in [0.2, 0.25) is 0 Å². The number of esters is 1. The van der Waals surface area contributed by atoms with E-state index >= 15 is 0 Å². The van der Waals surface area contributed by atoms with Crippen LogP contribution < -0.4 is 5.32 Å². The monoisotopic (exact) mass is 285 g/mol. The molecule has 1 aromatic carbocycles. The zero-order valence-electron chi connectivity index (χ0n) is 12.7. The molecule has 0 saturated heterocycles. The minimum absolute atomic E-state index is 0.114. The van der Waals surface area contributed by atoms with E-state index in [0.717, 1.165) is 5.69 Å². The fraction of sp³-hybridized carbons (Fsp3) is 0.312. The Labute approximate surface area is 124 Å². The van der Waals surface area contributed by atoms with Gasteiger partial charge >= 0.3 is 5.97 Å². The summed E-state index contributed by atoms with van der Waals surface area (Å²) in [6.45, 7) is 6.50. The maximum absolute atomic E-state index is 11.4. The molecule has 5 nitrogen and oxygen atoms in total. The van der Waals surface area contributed by atoms with Crippen LogP contribution >= 0.6 is 0 Å². The van der Waals surface area contributed by atoms with Crippen LogP contribution in [-0.2, 0) is 10.2 Å². The molecule has 0 aliphatic heterocycles. The quantitative estimate of drug-likeness (QED) is 0.876. The highest BCUT2D eigenvalue weighted by Gasteiger charge is 2.13. The van der Waals surface area contributed by atoms with Crippen LogP contribution in [0.15, 0.2) is 36.7 Å². The summed E-state index contributed by atoms with van der Waals surface area (Å²) in [6, 6.07) is 8.10. The van der Waals surface area contributed by atoms with Gasteiger partial charge in [-0.15, -0.1) is 0 Å². The lowest BCUT2D eigenvalue weighted by Crippen LogP contribution is -2.10. The molecule has 5 heteroatoms. The number of ether oxygens (including phenoxy) is 1. The van der Waals surface area contributed by atoms with Crippen LogP contribution in [-0.4, -0.2) is 23.0 Å². The number of benzene rings is 1. The molecule has 0 radical (unpaired) electrons. The third-order valence-electron chi connectivity index (χ3n) is 3.05. The Morgan fingerprint density at radius 1 is 1.14 bits per heavy atom. The van der Waals surface area contributed by atoms with Crippen LogP contribution in [0.1, 0.15) is 36.8 Å². The van der Waals surface area contributed by atoms with Gasteiger partial charge in [-0.1, -0.05) is 32.9 Å². The molecule has 1 aromatic heterocycles. The zero-order chi connectivity index (χ0) is 15.5. The van der Waals surface area contributed by atoms with Gasteiger partial charge in [0.1, 0.15) is 5.82 Å². The molecule has 0 aliphatic carbocycles. The van der Waals surface area contributed by atoms with Gasteiger partial charge in [-0.25, -0.2) is 9.78 Å². The number of rotatable bonds is 3. The minimum atomic E-state index is -0.505. The van der Waals surface area contributed by atoms with Gasteiger partial charge in [0.25, 0.3) is 0 Å². The minimum Gasteiger partial charge on any atom is -0.464 e. The van der Waals surface area contributed by atoms with Crippen LogP contribution in [0.4, 0.5) is 11.5 Å². The van der Waals surface area contributed by atoms with Crippen molar-refractivity contribution in [2.45, 2.75) is 26.2 Å². The summed E-state index contributed by atoms with van der Waals surface area (Å²) < 4.78 is 4.63. The number of methoxy groups -OCH3 is 1. The SMILES string of the molecule is COC(=O)c1cncc(Nc2ccc(C(C)(C)C)cc2)n1. The second kappa shape index (κ2) is 5.91. The Bertz CT molecular complexity index is 631. The smallest absolute Gasteiger partial charge is 0.358 e. The standard InChI is InChI=1S/C16H19N3O2/c1-16(2,3)11-5-7-12(8-6-11)18-14-10-17-9-13(19-14)15(20)21-4/h5-10H,1-4H3,(H,18,19). The maximum atomic E-state index is 11.4. The topological polar surface area (TPSA) is 64.1 Å². The van der Waals surface area contributed by atoms with E-state index in [-0.39, 0.29) is 11.1 Å². The Balaban J connectivity index is 2.17. The third kappa shape index (κ3) is 3.78. The Morgan fingerprint density at radius 3 is 2.38 bits per heavy atom. The highest BCUT2D eigenvalue weighted by molar-refractivity contribution is 5.87. The van der Waals surface area contributed by atoms with E-state index in [2.05, 4.69) is 52.9 Å². The van der Waals surface area contributed by atoms with E-state index in [0.29, 0.717) is 5.82 Å². The predicted molar refractivity (Wildman–Crippen MR) is 81.8 cm³/mol. The summed E-state index contributed by atoms with van der Waals surface area (Å²) >= 11 is 0. The van der Waals surface area contributed by atoms with E-state index in [1.54, 1.807) is 6.20 Å². The highest BCUT2D eigenvalue weighted by Crippen LogP contribution is 2.24. The fourth-order valence-corrected chi connectivity index (χ4v) is 1.83. The first-order valence-corrected chi connectivity index (χ1v) is 6.68. The zero-order valence-corrected chi connectivity index (χ0v) is 12.7. The number of carbonyl (C=O) groups excluding carboxylic acids is 1. The van der Waals surface area contributed by atoms with Crippen LogP contribution in [0.5, 0.6) is 0 Å². The van der Waals surface area contributed by atoms with Crippen molar-refractivity contribution >= 4 is 17.5 Å². The average molecular weight is 285 g/mol. The Hall–Kier alpha value is -2.43. The molecule has 0 atom stereocenters. The largest absolute Gasteiger partial charge is 0.464 e. The predicted octanol–water partition coefficient (Wildman–Crippen LogP) is 3.30. The van der Waals surface area contributed by atoms with Crippen molar-refractivity contribution in [1.29, 1.82) is 0 Å². The fourth-order valence-electron chi connectivity index (χ4n) is 1.83. The number of hydrogen-bond donors (Lipinski definition) is 1. The van der Waals surface area contributed by atoms with Gasteiger partial charge in [-0.3, -0.25) is 4.98 Å². The van der Waals surface area contributed by atoms with Crippen molar-refractivity contribution < 1.29 is 9.53 Å². The lowest BCUT2D eigenvalue weighted by molar-refractivity contribution is 0.0593. The summed E-state index contributed by atoms with van der Waals surface area (Å²) in [5, 5.41) is 3.12. The van der Waals surface area contributed by atoms with Crippen molar-refractivity contribution in [3.05, 3.63) is 47.9 Å². The normalized spacial score (nSPS) is 11.0. The number of anilines is 2. The van der Waals surface area contributed by atoms with Gasteiger partial charge < -0.3 is 10.1 Å². The van der Waals surface area contributed by atoms with Gasteiger partial charge in [0.2, 0.25) is 0 Å². The lowest BCUT2D eigenvalue weighted by Gasteiger charge is -2.19. The summed E-state index contributed by atoms with van der Waals surface area (Å²) in [4.78, 5) is 19.6. The van der Waals surface area contributed by atoms with Crippen LogP contribution in [0, 0.1) is 0 Å². The van der Waals surface area contributed by atoms with E-state index in [1.807, 2.05) is 12.1 Å². The lowest BCUT2D eigenvalue weighted by atomic mass is 9.87. The van der Waals surface area contributed by atoms with Crippen molar-refractivity contribution in [3.8, 4) is 0 Å². The molecule has 2 aromatic rings. The van der Waals surface area contributed by atoms with E-state index < -0.39 is 5.97 Å². The first-order chi connectivity index (χ1) is 9.90. The van der Waals surface area contributed by atoms with Crippen molar-refractivity contribution in [3.63, 3.8) is 0 Å². The van der Waals surface area contributed by atoms with Gasteiger partial charge in [0.05, 0.1) is 19.5 Å². The molecule has 0 spiro atoms. The third-order valence-corrected chi connectivity index (χ3v) is 3.05. The molecule has 0 unspecified atom stereocenters. The summed E-state index contributed by atoms with van der Waals surface area (Å²) in [7, 11) is 1.31. The van der Waals surface area contributed by atoms with Crippen molar-refractivity contribution in [2.75, 3.05) is 12.4 Å². The molecule has 0 amide bonds. The number of nitrogens with zero attached hydrogens (tertiary/aromatic N) is 2. The molecular formula is C16H19N3O2. The summed E-state index contributed by atoms with van der Waals surface area (Å²) in [5.74, 6) is -0.00404. The molecular weight excluding hydrogens is 266 g/mol. The first-order valence-electron chi connectivity index (χ1n) is 6.68. The molecule has 0 aliphatic rings. The molecule has 1 N–H and O–H groups in total. The van der Waals surface area contributed by atoms with Crippen LogP contribution in [0.25, 0.3) is 0 Å². The molecule has 2 rings (SSSR count). The van der Waals surface area contributed by atoms with Gasteiger partial charge in [-0.2, -0.15) is 0 Å². The molecule has 1 heterocycles. The van der Waals surface area contributed by atoms with E-state index in [1.165, 1.54) is 18.9 Å². The first kappa shape index (κ1) is 15.0. The Morgan fingerprint density at radius 2 is 1.81 bits per heavy atom. The second-order valence-electron chi connectivity index (χ2n) is 5.73. The molecule has 0 fully saturated rings. The van der Waals surface area contributed by atoms with Crippen molar-refractivity contribution in [2.24, 2.45) is 0 Å². The highest BCUT2D eigenvalue weighted by atomic mass is 16.5. The van der Waals surface area contributed by atoms with Crippen molar-refractivity contribution in [1.82, 2.24) is 9.97 Å². The van der Waals surface area contributed by atoms with Gasteiger partial charge in [-0.05, 0) is 23.1 Å². The summed E-state index contributed by atoms with van der Waals surface area (Å²) in [5.41, 5.74) is 2.43. The maximum Gasteiger partial charge on any atom is 0.358 e. The van der Waals surface area contributed by atoms with Gasteiger partial charge in [0, 0.05) is 5.69 Å². The summed E-state index contributed by atoms with van der Waals surface area (Å²) in [6.07, 6.45) is 2.93. The number of aromatic nitrogens is 2. The molecule has 21 heavy (non-hydrogen) atoms. The van der Waals surface area contributed by atoms with E-state index in [9.17, 15) is 4.79 Å². The molecule has 0 saturated carbocycles. The average Bonchev–Trinajstić information content (AvgIpc) is 2.46. The number of carbonyl (C=O) groups is 1. The van der Waals surface area contributed by atoms with Gasteiger partial charge in [0.15, 0.2) is 5.69 Å². The Kier molecular flexibility index (Phi) is 4.21. The molecule has 110 valence electrons. The number of hydrogen-bond acceptors (Lipinski definition) is 5. The van der Waals surface area contributed by atoms with E-state index in [4.69, 9.17) is 0 Å². The second-order valence-corrected chi connectivity index (χ2v) is 5.73. The van der Waals surface area contributed by atoms with Crippen LogP contribution in [0.3, 0.4) is 0 Å².